The number of fused-ring (bicyclic) bond motifs is 1. The fraction of sp³-hybridized carbons (Fsp3) is 0.0909. The summed E-state index contributed by atoms with van der Waals surface area (Å²) in [6.45, 7) is 0. The number of nitrogens with one attached hydrogen (secondary N) is 1. The average Bonchev–Trinajstić information content (AvgIpc) is 2.93. The highest BCUT2D eigenvalue weighted by atomic mass is 32.1. The van der Waals surface area contributed by atoms with E-state index in [1.165, 1.54) is 0 Å². The zero-order valence-corrected chi connectivity index (χ0v) is 9.91. The molecule has 0 aliphatic rings. The largest absolute Gasteiger partial charge is 0.481 e. The minimum atomic E-state index is 0.551. The van der Waals surface area contributed by atoms with Crippen molar-refractivity contribution in [2.75, 3.05) is 12.8 Å². The van der Waals surface area contributed by atoms with Crippen LogP contribution in [0.3, 0.4) is 0 Å². The molecule has 3 rings (SSSR count). The number of thiophene rings is 1. The summed E-state index contributed by atoms with van der Waals surface area (Å²) in [5.41, 5.74) is 8.08. The molecule has 0 saturated carbocycles. The van der Waals surface area contributed by atoms with Gasteiger partial charge in [0.1, 0.15) is 0 Å². The number of hydrogen-bond donors (Lipinski definition) is 2. The molecule has 0 radical (unpaired) electrons. The summed E-state index contributed by atoms with van der Waals surface area (Å²) in [4.78, 5) is 12.8. The number of nitrogens with zero attached hydrogens (tertiary/aromatic N) is 2. The third kappa shape index (κ3) is 1.62. The SMILES string of the molecule is COc1ccc2[nH]c(-c3sccc3N)nc2n1. The van der Waals surface area contributed by atoms with E-state index in [1.54, 1.807) is 24.5 Å². The summed E-state index contributed by atoms with van der Waals surface area (Å²) in [5.74, 6) is 1.29. The summed E-state index contributed by atoms with van der Waals surface area (Å²) in [5, 5.41) is 1.94. The van der Waals surface area contributed by atoms with Crippen molar-refractivity contribution in [1.82, 2.24) is 15.0 Å². The molecule has 3 N–H and O–H groups in total. The first kappa shape index (κ1) is 10.1. The Morgan fingerprint density at radius 3 is 2.88 bits per heavy atom. The summed E-state index contributed by atoms with van der Waals surface area (Å²) < 4.78 is 5.06. The van der Waals surface area contributed by atoms with Crippen LogP contribution in [-0.4, -0.2) is 22.1 Å². The molecule has 0 aliphatic carbocycles. The lowest BCUT2D eigenvalue weighted by atomic mass is 10.4. The van der Waals surface area contributed by atoms with Crippen LogP contribution < -0.4 is 10.5 Å². The van der Waals surface area contributed by atoms with Gasteiger partial charge in [0.2, 0.25) is 5.88 Å². The van der Waals surface area contributed by atoms with Crippen molar-refractivity contribution in [2.24, 2.45) is 0 Å². The van der Waals surface area contributed by atoms with Gasteiger partial charge in [0.25, 0.3) is 0 Å². The van der Waals surface area contributed by atoms with Crippen molar-refractivity contribution in [3.8, 4) is 16.6 Å². The molecule has 3 aromatic heterocycles. The molecule has 0 saturated heterocycles. The monoisotopic (exact) mass is 246 g/mol. The first-order chi connectivity index (χ1) is 8.28. The fourth-order valence-corrected chi connectivity index (χ4v) is 2.37. The normalized spacial score (nSPS) is 10.9. The molecule has 0 unspecified atom stereocenters. The Bertz CT molecular complexity index is 673. The van der Waals surface area contributed by atoms with Gasteiger partial charge in [-0.15, -0.1) is 11.3 Å². The molecule has 0 spiro atoms. The maximum Gasteiger partial charge on any atom is 0.215 e. The molecule has 0 amide bonds. The Labute approximate surface area is 101 Å². The third-order valence-electron chi connectivity index (χ3n) is 2.44. The van der Waals surface area contributed by atoms with Crippen molar-refractivity contribution < 1.29 is 4.74 Å². The molecule has 0 fully saturated rings. The van der Waals surface area contributed by atoms with Gasteiger partial charge in [0, 0.05) is 6.07 Å². The number of pyridine rings is 1. The van der Waals surface area contributed by atoms with Crippen LogP contribution >= 0.6 is 11.3 Å². The Kier molecular flexibility index (Phi) is 2.22. The smallest absolute Gasteiger partial charge is 0.215 e. The predicted molar refractivity (Wildman–Crippen MR) is 68.2 cm³/mol. The van der Waals surface area contributed by atoms with Crippen LogP contribution in [0.1, 0.15) is 0 Å². The number of nitrogens with two attached hydrogens (primary N) is 1. The number of H-pyrrole nitrogens is 1. The van der Waals surface area contributed by atoms with E-state index in [4.69, 9.17) is 10.5 Å². The summed E-state index contributed by atoms with van der Waals surface area (Å²) >= 11 is 1.55. The summed E-state index contributed by atoms with van der Waals surface area (Å²) in [6, 6.07) is 5.55. The summed E-state index contributed by atoms with van der Waals surface area (Å²) in [7, 11) is 1.58. The van der Waals surface area contributed by atoms with Crippen LogP contribution in [0.4, 0.5) is 5.69 Å². The number of imidazole rings is 1. The van der Waals surface area contributed by atoms with E-state index in [-0.39, 0.29) is 0 Å². The average molecular weight is 246 g/mol. The first-order valence-electron chi connectivity index (χ1n) is 5.02. The van der Waals surface area contributed by atoms with Gasteiger partial charge < -0.3 is 15.5 Å². The topological polar surface area (TPSA) is 76.8 Å². The number of ether oxygens (including phenoxy) is 1. The molecule has 0 aromatic carbocycles. The Balaban J connectivity index is 2.17. The van der Waals surface area contributed by atoms with Gasteiger partial charge in [-0.2, -0.15) is 4.98 Å². The lowest BCUT2D eigenvalue weighted by Crippen LogP contribution is -1.86. The fourth-order valence-electron chi connectivity index (χ4n) is 1.61. The number of aromatic amines is 1. The highest BCUT2D eigenvalue weighted by Crippen LogP contribution is 2.30. The van der Waals surface area contributed by atoms with Crippen molar-refractivity contribution in [3.63, 3.8) is 0 Å². The highest BCUT2D eigenvalue weighted by Gasteiger charge is 2.10. The lowest BCUT2D eigenvalue weighted by Gasteiger charge is -1.95. The second-order valence-electron chi connectivity index (χ2n) is 3.52. The van der Waals surface area contributed by atoms with Crippen molar-refractivity contribution in [2.45, 2.75) is 0 Å². The Morgan fingerprint density at radius 2 is 2.18 bits per heavy atom. The molecule has 0 bridgehead atoms. The minimum absolute atomic E-state index is 0.551. The van der Waals surface area contributed by atoms with Crippen molar-refractivity contribution in [1.29, 1.82) is 0 Å². The number of rotatable bonds is 2. The molecule has 0 atom stereocenters. The maximum atomic E-state index is 5.86. The summed E-state index contributed by atoms with van der Waals surface area (Å²) in [6.07, 6.45) is 0. The van der Waals surface area contributed by atoms with E-state index in [0.717, 1.165) is 21.9 Å². The van der Waals surface area contributed by atoms with Crippen LogP contribution in [0.2, 0.25) is 0 Å². The van der Waals surface area contributed by atoms with Crippen LogP contribution in [0.25, 0.3) is 21.9 Å². The number of nitrogen functional groups attached to an aromatic ring is 1. The molecule has 0 aliphatic heterocycles. The first-order valence-corrected chi connectivity index (χ1v) is 5.90. The van der Waals surface area contributed by atoms with E-state index >= 15 is 0 Å². The van der Waals surface area contributed by atoms with Gasteiger partial charge in [-0.3, -0.25) is 0 Å². The molecular formula is C11H10N4OS. The molecule has 86 valence electrons. The van der Waals surface area contributed by atoms with Crippen molar-refractivity contribution in [3.05, 3.63) is 23.6 Å². The minimum Gasteiger partial charge on any atom is -0.481 e. The Hall–Kier alpha value is -2.08. The quantitative estimate of drug-likeness (QED) is 0.727. The van der Waals surface area contributed by atoms with Crippen LogP contribution in [0.5, 0.6) is 5.88 Å². The van der Waals surface area contributed by atoms with Crippen LogP contribution in [0, 0.1) is 0 Å². The van der Waals surface area contributed by atoms with E-state index in [2.05, 4.69) is 15.0 Å². The van der Waals surface area contributed by atoms with Crippen LogP contribution in [-0.2, 0) is 0 Å². The molecule has 6 heteroatoms. The van der Waals surface area contributed by atoms with E-state index in [1.807, 2.05) is 17.5 Å². The maximum absolute atomic E-state index is 5.86. The molecule has 17 heavy (non-hydrogen) atoms. The number of anilines is 1. The zero-order valence-electron chi connectivity index (χ0n) is 9.10. The molecular weight excluding hydrogens is 236 g/mol. The Morgan fingerprint density at radius 1 is 1.29 bits per heavy atom. The van der Waals surface area contributed by atoms with Gasteiger partial charge in [-0.05, 0) is 17.5 Å². The second kappa shape index (κ2) is 3.74. The van der Waals surface area contributed by atoms with Gasteiger partial charge in [-0.25, -0.2) is 4.98 Å². The molecule has 3 heterocycles. The van der Waals surface area contributed by atoms with Gasteiger partial charge in [0.05, 0.1) is 23.2 Å². The van der Waals surface area contributed by atoms with E-state index in [0.29, 0.717) is 11.5 Å². The molecule has 5 nitrogen and oxygen atoms in total. The van der Waals surface area contributed by atoms with Gasteiger partial charge in [-0.1, -0.05) is 0 Å². The van der Waals surface area contributed by atoms with Crippen molar-refractivity contribution >= 4 is 28.2 Å². The highest BCUT2D eigenvalue weighted by molar-refractivity contribution is 7.14. The zero-order chi connectivity index (χ0) is 11.8. The number of hydrogen-bond acceptors (Lipinski definition) is 5. The lowest BCUT2D eigenvalue weighted by molar-refractivity contribution is 0.399. The van der Waals surface area contributed by atoms with E-state index in [9.17, 15) is 0 Å². The number of aromatic nitrogens is 3. The second-order valence-corrected chi connectivity index (χ2v) is 4.43. The number of methoxy groups -OCH3 is 1. The third-order valence-corrected chi connectivity index (χ3v) is 3.38. The van der Waals surface area contributed by atoms with E-state index < -0.39 is 0 Å². The van der Waals surface area contributed by atoms with Gasteiger partial charge >= 0.3 is 0 Å². The standard InChI is InChI=1S/C11H10N4OS/c1-16-8-3-2-7-10(14-8)15-11(13-7)9-6(12)4-5-17-9/h2-5H,12H2,1H3,(H,13,14,15). The van der Waals surface area contributed by atoms with Crippen LogP contribution in [0.15, 0.2) is 23.6 Å². The molecule has 3 aromatic rings. The predicted octanol–water partition coefficient (Wildman–Crippen LogP) is 2.28. The van der Waals surface area contributed by atoms with Gasteiger partial charge in [0.15, 0.2) is 11.5 Å².